The molecule has 1 aromatic rings. The number of anilines is 1. The highest BCUT2D eigenvalue weighted by Gasteiger charge is 2.24. The van der Waals surface area contributed by atoms with E-state index in [4.69, 9.17) is 0 Å². The van der Waals surface area contributed by atoms with Gasteiger partial charge in [0, 0.05) is 31.9 Å². The fourth-order valence-electron chi connectivity index (χ4n) is 3.48. The van der Waals surface area contributed by atoms with Gasteiger partial charge in [-0.15, -0.1) is 0 Å². The molecule has 1 unspecified atom stereocenters. The van der Waals surface area contributed by atoms with Gasteiger partial charge in [0.15, 0.2) is 0 Å². The lowest BCUT2D eigenvalue weighted by Crippen LogP contribution is -2.45. The maximum atomic E-state index is 3.51. The lowest BCUT2D eigenvalue weighted by Gasteiger charge is -2.38. The Labute approximate surface area is 116 Å². The molecule has 0 saturated carbocycles. The van der Waals surface area contributed by atoms with Crippen LogP contribution in [0.3, 0.4) is 0 Å². The van der Waals surface area contributed by atoms with Crippen molar-refractivity contribution in [1.29, 1.82) is 0 Å². The van der Waals surface area contributed by atoms with Crippen LogP contribution in [-0.4, -0.2) is 44.7 Å². The molecular formula is C16H25N3. The van der Waals surface area contributed by atoms with Gasteiger partial charge in [0.25, 0.3) is 0 Å². The second-order valence-corrected chi connectivity index (χ2v) is 6.01. The first-order valence-corrected chi connectivity index (χ1v) is 7.48. The average molecular weight is 259 g/mol. The standard InChI is InChI=1S/C16H25N3/c1-18-10-4-6-14(12-18)19(2)16-7-3-5-13-8-9-17-11-15(13)16/h3,5,7,14,17H,4,6,8-12H2,1-2H3. The topological polar surface area (TPSA) is 18.5 Å². The van der Waals surface area contributed by atoms with Crippen LogP contribution in [-0.2, 0) is 13.0 Å². The summed E-state index contributed by atoms with van der Waals surface area (Å²) in [6.45, 7) is 4.58. The summed E-state index contributed by atoms with van der Waals surface area (Å²) >= 11 is 0. The smallest absolute Gasteiger partial charge is 0.0414 e. The van der Waals surface area contributed by atoms with Crippen molar-refractivity contribution < 1.29 is 0 Å². The highest BCUT2D eigenvalue weighted by molar-refractivity contribution is 5.58. The van der Waals surface area contributed by atoms with E-state index >= 15 is 0 Å². The molecule has 1 atom stereocenters. The third-order valence-electron chi connectivity index (χ3n) is 4.65. The summed E-state index contributed by atoms with van der Waals surface area (Å²) in [5, 5.41) is 3.51. The number of hydrogen-bond donors (Lipinski definition) is 1. The molecule has 3 nitrogen and oxygen atoms in total. The van der Waals surface area contributed by atoms with Crippen LogP contribution in [0.15, 0.2) is 18.2 Å². The van der Waals surface area contributed by atoms with E-state index in [0.29, 0.717) is 6.04 Å². The molecule has 104 valence electrons. The van der Waals surface area contributed by atoms with Crippen molar-refractivity contribution in [3.63, 3.8) is 0 Å². The van der Waals surface area contributed by atoms with Gasteiger partial charge in [0.05, 0.1) is 0 Å². The summed E-state index contributed by atoms with van der Waals surface area (Å²) in [5.74, 6) is 0. The normalized spacial score (nSPS) is 24.0. The second-order valence-electron chi connectivity index (χ2n) is 6.01. The van der Waals surface area contributed by atoms with E-state index in [-0.39, 0.29) is 0 Å². The predicted octanol–water partition coefficient (Wildman–Crippen LogP) is 1.86. The lowest BCUT2D eigenvalue weighted by atomic mass is 9.97. The average Bonchev–Trinajstić information content (AvgIpc) is 2.46. The number of nitrogens with zero attached hydrogens (tertiary/aromatic N) is 2. The van der Waals surface area contributed by atoms with Gasteiger partial charge in [-0.2, -0.15) is 0 Å². The van der Waals surface area contributed by atoms with Crippen molar-refractivity contribution in [2.24, 2.45) is 0 Å². The Hall–Kier alpha value is -1.06. The molecule has 1 fully saturated rings. The molecule has 19 heavy (non-hydrogen) atoms. The molecule has 0 aromatic heterocycles. The molecule has 2 aliphatic rings. The Morgan fingerprint density at radius 1 is 1.37 bits per heavy atom. The van der Waals surface area contributed by atoms with E-state index < -0.39 is 0 Å². The summed E-state index contributed by atoms with van der Waals surface area (Å²) < 4.78 is 0. The first kappa shape index (κ1) is 12.9. The molecule has 0 aliphatic carbocycles. The highest BCUT2D eigenvalue weighted by atomic mass is 15.2. The minimum atomic E-state index is 0.659. The zero-order valence-corrected chi connectivity index (χ0v) is 12.2. The lowest BCUT2D eigenvalue weighted by molar-refractivity contribution is 0.248. The summed E-state index contributed by atoms with van der Waals surface area (Å²) in [7, 11) is 4.51. The fourth-order valence-corrected chi connectivity index (χ4v) is 3.48. The van der Waals surface area contributed by atoms with Gasteiger partial charge in [-0.05, 0) is 56.6 Å². The van der Waals surface area contributed by atoms with Crippen molar-refractivity contribution in [3.05, 3.63) is 29.3 Å². The van der Waals surface area contributed by atoms with Crippen LogP contribution in [0, 0.1) is 0 Å². The molecule has 2 heterocycles. The van der Waals surface area contributed by atoms with Crippen LogP contribution in [0.1, 0.15) is 24.0 Å². The van der Waals surface area contributed by atoms with Gasteiger partial charge in [0.1, 0.15) is 0 Å². The maximum Gasteiger partial charge on any atom is 0.0414 e. The number of rotatable bonds is 2. The number of piperidine rings is 1. The maximum absolute atomic E-state index is 3.51. The molecule has 0 spiro atoms. The van der Waals surface area contributed by atoms with Gasteiger partial charge >= 0.3 is 0 Å². The van der Waals surface area contributed by atoms with Crippen molar-refractivity contribution in [3.8, 4) is 0 Å². The molecular weight excluding hydrogens is 234 g/mol. The van der Waals surface area contributed by atoms with E-state index in [1.54, 1.807) is 0 Å². The SMILES string of the molecule is CN1CCCC(N(C)c2cccc3c2CNCC3)C1. The quantitative estimate of drug-likeness (QED) is 0.874. The molecule has 3 heteroatoms. The van der Waals surface area contributed by atoms with Gasteiger partial charge in [-0.1, -0.05) is 12.1 Å². The molecule has 3 rings (SSSR count). The van der Waals surface area contributed by atoms with E-state index in [0.717, 1.165) is 13.1 Å². The number of hydrogen-bond acceptors (Lipinski definition) is 3. The third kappa shape index (κ3) is 2.63. The van der Waals surface area contributed by atoms with E-state index in [1.807, 2.05) is 0 Å². The zero-order chi connectivity index (χ0) is 13.2. The van der Waals surface area contributed by atoms with Crippen molar-refractivity contribution in [1.82, 2.24) is 10.2 Å². The summed E-state index contributed by atoms with van der Waals surface area (Å²) in [6.07, 6.45) is 3.80. The van der Waals surface area contributed by atoms with Crippen molar-refractivity contribution >= 4 is 5.69 Å². The number of likely N-dealkylation sites (N-methyl/N-ethyl adjacent to an activating group) is 2. The number of nitrogens with one attached hydrogen (secondary N) is 1. The van der Waals surface area contributed by atoms with E-state index in [9.17, 15) is 0 Å². The number of benzene rings is 1. The summed E-state index contributed by atoms with van der Waals surface area (Å²) in [5.41, 5.74) is 4.49. The van der Waals surface area contributed by atoms with Gasteiger partial charge in [-0.3, -0.25) is 0 Å². The molecule has 0 amide bonds. The van der Waals surface area contributed by atoms with Gasteiger partial charge in [-0.25, -0.2) is 0 Å². The van der Waals surface area contributed by atoms with Crippen LogP contribution in [0.4, 0.5) is 5.69 Å². The molecule has 0 bridgehead atoms. The predicted molar refractivity (Wildman–Crippen MR) is 80.8 cm³/mol. The Kier molecular flexibility index (Phi) is 3.76. The zero-order valence-electron chi connectivity index (χ0n) is 12.2. The van der Waals surface area contributed by atoms with Crippen molar-refractivity contribution in [2.75, 3.05) is 38.6 Å². The highest BCUT2D eigenvalue weighted by Crippen LogP contribution is 2.28. The Balaban J connectivity index is 1.84. The molecule has 1 aromatic carbocycles. The second kappa shape index (κ2) is 5.51. The molecule has 1 saturated heterocycles. The van der Waals surface area contributed by atoms with Gasteiger partial charge < -0.3 is 15.1 Å². The number of likely N-dealkylation sites (tertiary alicyclic amines) is 1. The van der Waals surface area contributed by atoms with Crippen LogP contribution in [0.5, 0.6) is 0 Å². The van der Waals surface area contributed by atoms with E-state index in [2.05, 4.69) is 47.4 Å². The largest absolute Gasteiger partial charge is 0.370 e. The minimum absolute atomic E-state index is 0.659. The molecule has 0 radical (unpaired) electrons. The molecule has 1 N–H and O–H groups in total. The summed E-state index contributed by atoms with van der Waals surface area (Å²) in [4.78, 5) is 4.97. The summed E-state index contributed by atoms with van der Waals surface area (Å²) in [6, 6.07) is 7.47. The van der Waals surface area contributed by atoms with E-state index in [1.165, 1.54) is 49.2 Å². The van der Waals surface area contributed by atoms with Crippen molar-refractivity contribution in [2.45, 2.75) is 31.8 Å². The minimum Gasteiger partial charge on any atom is -0.370 e. The molecule has 2 aliphatic heterocycles. The first-order chi connectivity index (χ1) is 9.25. The van der Waals surface area contributed by atoms with Gasteiger partial charge in [0.2, 0.25) is 0 Å². The Morgan fingerprint density at radius 2 is 2.26 bits per heavy atom. The van der Waals surface area contributed by atoms with Crippen LogP contribution in [0.25, 0.3) is 0 Å². The Bertz CT molecular complexity index is 444. The monoisotopic (exact) mass is 259 g/mol. The number of fused-ring (bicyclic) bond motifs is 1. The van der Waals surface area contributed by atoms with Crippen LogP contribution < -0.4 is 10.2 Å². The third-order valence-corrected chi connectivity index (χ3v) is 4.65. The Morgan fingerprint density at radius 3 is 3.11 bits per heavy atom. The van der Waals surface area contributed by atoms with Crippen LogP contribution in [0.2, 0.25) is 0 Å². The van der Waals surface area contributed by atoms with Crippen LogP contribution >= 0.6 is 0 Å². The first-order valence-electron chi connectivity index (χ1n) is 7.48. The fraction of sp³-hybridized carbons (Fsp3) is 0.625.